The Kier molecular flexibility index (Phi) is 5.63. The van der Waals surface area contributed by atoms with E-state index >= 15 is 0 Å². The van der Waals surface area contributed by atoms with Crippen LogP contribution >= 0.6 is 0 Å². The van der Waals surface area contributed by atoms with Gasteiger partial charge in [-0.05, 0) is 54.6 Å². The van der Waals surface area contributed by atoms with E-state index in [1.54, 1.807) is 47.2 Å². The Hall–Kier alpha value is -4.39. The first-order chi connectivity index (χ1) is 17.1. The Balaban J connectivity index is 1.42. The van der Waals surface area contributed by atoms with Gasteiger partial charge in [-0.1, -0.05) is 12.1 Å². The van der Waals surface area contributed by atoms with Gasteiger partial charge in [-0.25, -0.2) is 12.8 Å². The molecule has 0 saturated carbocycles. The molecule has 36 heavy (non-hydrogen) atoms. The number of benzene rings is 2. The lowest BCUT2D eigenvalue weighted by molar-refractivity contribution is -0.140. The Morgan fingerprint density at radius 2 is 1.67 bits per heavy atom. The number of aromatic nitrogens is 5. The minimum atomic E-state index is -5.03. The van der Waals surface area contributed by atoms with Gasteiger partial charge in [-0.15, -0.1) is 10.2 Å². The first-order valence-electron chi connectivity index (χ1n) is 10.2. The zero-order valence-corrected chi connectivity index (χ0v) is 18.8. The number of anilines is 1. The van der Waals surface area contributed by atoms with Crippen molar-refractivity contribution < 1.29 is 26.0 Å². The van der Waals surface area contributed by atoms with Crippen molar-refractivity contribution in [2.75, 3.05) is 4.72 Å². The summed E-state index contributed by atoms with van der Waals surface area (Å²) in [7, 11) is -4.41. The fraction of sp³-hybridized carbons (Fsp3) is 0.0435. The number of alkyl halides is 3. The fourth-order valence-corrected chi connectivity index (χ4v) is 4.51. The van der Waals surface area contributed by atoms with Crippen LogP contribution in [0.15, 0.2) is 84.0 Å². The Morgan fingerprint density at radius 1 is 0.889 bits per heavy atom. The van der Waals surface area contributed by atoms with Gasteiger partial charge in [-0.2, -0.15) is 22.8 Å². The molecule has 0 atom stereocenters. The summed E-state index contributed by atoms with van der Waals surface area (Å²) in [5.41, 5.74) is 0.829. The fourth-order valence-electron chi connectivity index (χ4n) is 3.43. The molecule has 0 aliphatic carbocycles. The highest BCUT2D eigenvalue weighted by Crippen LogP contribution is 2.33. The summed E-state index contributed by atoms with van der Waals surface area (Å²) in [6.45, 7) is 0. The van der Waals surface area contributed by atoms with E-state index in [9.17, 15) is 26.0 Å². The number of nitrogens with one attached hydrogen (secondary N) is 1. The van der Waals surface area contributed by atoms with Gasteiger partial charge in [0, 0.05) is 29.2 Å². The van der Waals surface area contributed by atoms with Gasteiger partial charge in [-0.3, -0.25) is 9.71 Å². The van der Waals surface area contributed by atoms with Crippen molar-refractivity contribution in [3.8, 4) is 22.6 Å². The minimum absolute atomic E-state index is 0.0954. The predicted molar refractivity (Wildman–Crippen MR) is 122 cm³/mol. The highest BCUT2D eigenvalue weighted by Gasteiger charge is 2.35. The summed E-state index contributed by atoms with van der Waals surface area (Å²) in [5, 5.41) is 12.8. The number of hydrogen-bond acceptors (Lipinski definition) is 6. The number of nitrogens with zero attached hydrogens (tertiary/aromatic N) is 5. The molecule has 2 aromatic carbocycles. The lowest BCUT2D eigenvalue weighted by Crippen LogP contribution is -2.15. The molecule has 0 bridgehead atoms. The average Bonchev–Trinajstić information content (AvgIpc) is 3.27. The molecule has 0 radical (unpaired) electrons. The number of rotatable bonds is 5. The second-order valence-electron chi connectivity index (χ2n) is 7.58. The third-order valence-corrected chi connectivity index (χ3v) is 6.55. The summed E-state index contributed by atoms with van der Waals surface area (Å²) in [6.07, 6.45) is -1.77. The lowest BCUT2D eigenvalue weighted by Gasteiger charge is -2.12. The highest BCUT2D eigenvalue weighted by atomic mass is 32.2. The number of hydrogen-bond donors (Lipinski definition) is 1. The number of sulfonamides is 1. The van der Waals surface area contributed by atoms with E-state index in [2.05, 4.69) is 25.0 Å². The third kappa shape index (κ3) is 4.47. The molecule has 0 unspecified atom stereocenters. The van der Waals surface area contributed by atoms with Gasteiger partial charge >= 0.3 is 6.18 Å². The van der Waals surface area contributed by atoms with Crippen LogP contribution < -0.4 is 4.72 Å². The largest absolute Gasteiger partial charge is 0.419 e. The molecule has 3 heterocycles. The molecule has 0 aliphatic rings. The van der Waals surface area contributed by atoms with Crippen molar-refractivity contribution in [1.29, 1.82) is 0 Å². The maximum Gasteiger partial charge on any atom is 0.419 e. The second kappa shape index (κ2) is 8.68. The molecule has 8 nitrogen and oxygen atoms in total. The smallest absolute Gasteiger partial charge is 0.280 e. The molecule has 182 valence electrons. The van der Waals surface area contributed by atoms with E-state index in [4.69, 9.17) is 0 Å². The Bertz CT molecular complexity index is 1670. The van der Waals surface area contributed by atoms with Crippen LogP contribution in [0.4, 0.5) is 23.2 Å². The topological polar surface area (TPSA) is 102 Å². The van der Waals surface area contributed by atoms with Crippen LogP contribution in [0.2, 0.25) is 0 Å². The van der Waals surface area contributed by atoms with Crippen molar-refractivity contribution in [2.45, 2.75) is 11.1 Å². The SMILES string of the molecule is O=S(=O)(Nc1ccc(-c2ccc3nnc(-c4cccnc4)n3n2)cc1)c1ccc(F)c(C(F)(F)F)c1. The average molecular weight is 514 g/mol. The van der Waals surface area contributed by atoms with Crippen LogP contribution in [0.25, 0.3) is 28.3 Å². The van der Waals surface area contributed by atoms with Crippen molar-refractivity contribution in [1.82, 2.24) is 24.8 Å². The molecular formula is C23H14F4N6O2S. The Labute approximate surface area is 201 Å². The van der Waals surface area contributed by atoms with Gasteiger partial charge < -0.3 is 0 Å². The number of pyridine rings is 1. The summed E-state index contributed by atoms with van der Waals surface area (Å²) in [6, 6.07) is 14.5. The molecule has 0 saturated heterocycles. The Morgan fingerprint density at radius 3 is 2.36 bits per heavy atom. The molecule has 13 heteroatoms. The standard InChI is InChI=1S/C23H14F4N6O2S/c24-19-8-7-17(12-18(19)23(25,26)27)36(34,35)32-16-5-3-14(4-6-16)20-9-10-21-29-30-22(33(21)31-20)15-2-1-11-28-13-15/h1-13,32H. The van der Waals surface area contributed by atoms with Crippen molar-refractivity contribution in [3.05, 3.63) is 90.5 Å². The molecule has 5 aromatic rings. The van der Waals surface area contributed by atoms with E-state index in [1.165, 1.54) is 12.1 Å². The molecule has 0 aliphatic heterocycles. The summed E-state index contributed by atoms with van der Waals surface area (Å²) in [4.78, 5) is 3.35. The molecular weight excluding hydrogens is 500 g/mol. The normalized spacial score (nSPS) is 12.1. The second-order valence-corrected chi connectivity index (χ2v) is 9.26. The summed E-state index contributed by atoms with van der Waals surface area (Å²) >= 11 is 0. The monoisotopic (exact) mass is 514 g/mol. The first-order valence-corrected chi connectivity index (χ1v) is 11.7. The van der Waals surface area contributed by atoms with Crippen LogP contribution in [0.5, 0.6) is 0 Å². The van der Waals surface area contributed by atoms with Gasteiger partial charge in [0.25, 0.3) is 10.0 Å². The molecule has 1 N–H and O–H groups in total. The van der Waals surface area contributed by atoms with Crippen molar-refractivity contribution >= 4 is 21.4 Å². The van der Waals surface area contributed by atoms with E-state index in [1.807, 2.05) is 6.07 Å². The van der Waals surface area contributed by atoms with Gasteiger partial charge in [0.05, 0.1) is 16.2 Å². The zero-order valence-electron chi connectivity index (χ0n) is 18.0. The van der Waals surface area contributed by atoms with E-state index in [-0.39, 0.29) is 11.8 Å². The van der Waals surface area contributed by atoms with Crippen molar-refractivity contribution in [2.24, 2.45) is 0 Å². The quantitative estimate of drug-likeness (QED) is 0.338. The molecule has 0 spiro atoms. The summed E-state index contributed by atoms with van der Waals surface area (Å²) in [5.74, 6) is -1.07. The maximum absolute atomic E-state index is 13.5. The third-order valence-electron chi connectivity index (χ3n) is 5.17. The number of fused-ring (bicyclic) bond motifs is 1. The summed E-state index contributed by atoms with van der Waals surface area (Å²) < 4.78 is 81.4. The number of halogens is 4. The van der Waals surface area contributed by atoms with Crippen molar-refractivity contribution in [3.63, 3.8) is 0 Å². The maximum atomic E-state index is 13.5. The van der Waals surface area contributed by atoms with Gasteiger partial charge in [0.15, 0.2) is 11.5 Å². The van der Waals surface area contributed by atoms with Crippen LogP contribution in [0.3, 0.4) is 0 Å². The minimum Gasteiger partial charge on any atom is -0.280 e. The van der Waals surface area contributed by atoms with Gasteiger partial charge in [0.2, 0.25) is 0 Å². The zero-order chi connectivity index (χ0) is 25.5. The molecule has 5 rings (SSSR count). The van der Waals surface area contributed by atoms with Crippen LogP contribution in [-0.4, -0.2) is 33.2 Å². The highest BCUT2D eigenvalue weighted by molar-refractivity contribution is 7.92. The van der Waals surface area contributed by atoms with Gasteiger partial charge in [0.1, 0.15) is 5.82 Å². The first kappa shape index (κ1) is 23.4. The van der Waals surface area contributed by atoms with Crippen LogP contribution in [0.1, 0.15) is 5.56 Å². The van der Waals surface area contributed by atoms with E-state index in [0.29, 0.717) is 34.4 Å². The molecule has 0 amide bonds. The molecule has 0 fully saturated rings. The van der Waals surface area contributed by atoms with Crippen LogP contribution in [0, 0.1) is 5.82 Å². The lowest BCUT2D eigenvalue weighted by atomic mass is 10.1. The van der Waals surface area contributed by atoms with Crippen LogP contribution in [-0.2, 0) is 16.2 Å². The molecule has 3 aromatic heterocycles. The van der Waals surface area contributed by atoms with E-state index < -0.39 is 32.5 Å². The predicted octanol–water partition coefficient (Wildman–Crippen LogP) is 4.81. The van der Waals surface area contributed by atoms with E-state index in [0.717, 1.165) is 6.07 Å².